The Kier molecular flexibility index (Phi) is 13.8. The van der Waals surface area contributed by atoms with Gasteiger partial charge in [-0.3, -0.25) is 0 Å². The van der Waals surface area contributed by atoms with Gasteiger partial charge in [0.05, 0.1) is 0 Å². The quantitative estimate of drug-likeness (QED) is 0.544. The molecule has 0 N–H and O–H groups in total. The molecule has 0 saturated heterocycles. The molecule has 38 valence electrons. The monoisotopic (exact) mass is 268 g/mol. The summed E-state index contributed by atoms with van der Waals surface area (Å²) in [5.74, 6) is -1.08. The fourth-order valence-electron chi connectivity index (χ4n) is 0. The molecule has 0 aliphatic rings. The van der Waals surface area contributed by atoms with Crippen LogP contribution in [0.3, 0.4) is 0 Å². The van der Waals surface area contributed by atoms with Gasteiger partial charge in [0.2, 0.25) is 0 Å². The van der Waals surface area contributed by atoms with Gasteiger partial charge in [0.1, 0.15) is 0 Å². The van der Waals surface area contributed by atoms with E-state index >= 15 is 0 Å². The summed E-state index contributed by atoms with van der Waals surface area (Å²) in [5, 5.41) is 8.89. The zero-order valence-electron chi connectivity index (χ0n) is 3.06. The van der Waals surface area contributed by atoms with Crippen molar-refractivity contribution in [2.45, 2.75) is 6.92 Å². The molecule has 3 nitrogen and oxygen atoms in total. The van der Waals surface area contributed by atoms with Crippen LogP contribution in [0, 0.1) is 0 Å². The van der Waals surface area contributed by atoms with E-state index in [0.717, 1.165) is 25.8 Å². The van der Waals surface area contributed by atoms with Crippen LogP contribution in [0.4, 0.5) is 0 Å². The second-order valence-corrected chi connectivity index (χ2v) is 0.492. The molecule has 0 spiro atoms. The van der Waals surface area contributed by atoms with E-state index < -0.39 is 5.97 Å². The summed E-state index contributed by atoms with van der Waals surface area (Å²) in [5.41, 5.74) is 0. The minimum absolute atomic E-state index is 0.750. The molecule has 0 aliphatic carbocycles. The van der Waals surface area contributed by atoms with Gasteiger partial charge in [0.15, 0.2) is 0 Å². The van der Waals surface area contributed by atoms with E-state index in [4.69, 9.17) is 13.4 Å². The first-order valence-corrected chi connectivity index (χ1v) is 2.02. The maximum absolute atomic E-state index is 8.89. The zero-order valence-corrected chi connectivity index (χ0v) is 5.45. The van der Waals surface area contributed by atoms with Crippen LogP contribution in [0.2, 0.25) is 0 Å². The average molecular weight is 267 g/mol. The normalized spacial score (nSPS) is 5.00. The third kappa shape index (κ3) is 5140. The predicted molar refractivity (Wildman–Crippen MR) is 11.4 cm³/mol. The van der Waals surface area contributed by atoms with E-state index in [2.05, 4.69) is 0 Å². The van der Waals surface area contributed by atoms with E-state index in [9.17, 15) is 0 Å². The van der Waals surface area contributed by atoms with E-state index in [1.165, 1.54) is 0 Å². The van der Waals surface area contributed by atoms with Crippen molar-refractivity contribution in [1.29, 1.82) is 0 Å². The molecule has 0 fully saturated rings. The van der Waals surface area contributed by atoms with Gasteiger partial charge in [0.25, 0.3) is 0 Å². The molecule has 0 aromatic heterocycles. The van der Waals surface area contributed by atoms with Crippen LogP contribution in [0.15, 0.2) is 0 Å². The minimum atomic E-state index is -1.08. The van der Waals surface area contributed by atoms with Gasteiger partial charge in [-0.25, -0.2) is 0 Å². The van der Waals surface area contributed by atoms with E-state index in [1.807, 2.05) is 0 Å². The van der Waals surface area contributed by atoms with E-state index in [-0.39, 0.29) is 0 Å². The van der Waals surface area contributed by atoms with E-state index in [1.54, 1.807) is 0 Å². The van der Waals surface area contributed by atoms with Crippen molar-refractivity contribution in [2.75, 3.05) is 0 Å². The third-order valence-electron chi connectivity index (χ3n) is 0. The van der Waals surface area contributed by atoms with Crippen molar-refractivity contribution in [3.05, 3.63) is 0 Å². The molecule has 0 saturated carbocycles. The van der Waals surface area contributed by atoms with Crippen molar-refractivity contribution >= 4 is 5.97 Å². The standard InChI is InChI=1S/C2H4O2.Ir.O/c1-2(3)4;;/h1H3,(H,3,4);;/q;+1;/p-1. The molecule has 6 heavy (non-hydrogen) atoms. The molecule has 0 amide bonds. The van der Waals surface area contributed by atoms with Gasteiger partial charge in [-0.05, 0) is 6.92 Å². The number of carboxylic acid groups (broad SMARTS) is 1. The number of carboxylic acids is 1. The Hall–Kier alpha value is -0.0806. The van der Waals surface area contributed by atoms with Crippen LogP contribution in [0.5, 0.6) is 0 Å². The Bertz CT molecular complexity index is 40.1. The average Bonchev–Trinajstić information content (AvgIpc) is 1.41. The van der Waals surface area contributed by atoms with Crippen molar-refractivity contribution < 1.29 is 32.3 Å². The first kappa shape index (κ1) is 9.33. The van der Waals surface area contributed by atoms with Crippen molar-refractivity contribution in [3.8, 4) is 0 Å². The summed E-state index contributed by atoms with van der Waals surface area (Å²) < 4.78 is 8.25. The van der Waals surface area contributed by atoms with Gasteiger partial charge < -0.3 is 9.90 Å². The second-order valence-electron chi connectivity index (χ2n) is 0.492. The number of rotatable bonds is 0. The molecular weight excluding hydrogens is 264 g/mol. The predicted octanol–water partition coefficient (Wildman–Crippen LogP) is -1.37. The molecule has 0 atom stereocenters. The second kappa shape index (κ2) is 8.87. The Morgan fingerprint density at radius 1 is 1.67 bits per heavy atom. The molecular formula is C2H3IrO3. The van der Waals surface area contributed by atoms with Gasteiger partial charge in [-0.2, -0.15) is 0 Å². The SMILES string of the molecule is CC(=O)[O-].[O]=[Ir+]. The molecule has 0 bridgehead atoms. The number of carbonyl (C=O) groups is 1. The topological polar surface area (TPSA) is 57.2 Å². The zero-order chi connectivity index (χ0) is 5.58. The van der Waals surface area contributed by atoms with Crippen molar-refractivity contribution in [2.24, 2.45) is 0 Å². The number of aliphatic carboxylic acids is 1. The van der Waals surface area contributed by atoms with Gasteiger partial charge >= 0.3 is 22.4 Å². The van der Waals surface area contributed by atoms with Crippen LogP contribution in [-0.4, -0.2) is 5.97 Å². The van der Waals surface area contributed by atoms with Gasteiger partial charge in [-0.15, -0.1) is 0 Å². The summed E-state index contributed by atoms with van der Waals surface area (Å²) in [4.78, 5) is 8.89. The van der Waals surface area contributed by atoms with Crippen LogP contribution < -0.4 is 5.11 Å². The summed E-state index contributed by atoms with van der Waals surface area (Å²) in [7, 11) is 0. The fraction of sp³-hybridized carbons (Fsp3) is 0.500. The number of hydrogen-bond acceptors (Lipinski definition) is 3. The Morgan fingerprint density at radius 2 is 1.67 bits per heavy atom. The number of hydrogen-bond donors (Lipinski definition) is 0. The van der Waals surface area contributed by atoms with Crippen molar-refractivity contribution in [1.82, 2.24) is 0 Å². The van der Waals surface area contributed by atoms with Gasteiger partial charge in [-0.1, -0.05) is 0 Å². The summed E-state index contributed by atoms with van der Waals surface area (Å²) in [6.45, 7) is 0.972. The Balaban J connectivity index is 0. The first-order valence-electron chi connectivity index (χ1n) is 1.04. The van der Waals surface area contributed by atoms with Crippen LogP contribution in [0.1, 0.15) is 6.92 Å². The molecule has 4 heteroatoms. The van der Waals surface area contributed by atoms with Gasteiger partial charge in [0, 0.05) is 5.97 Å². The van der Waals surface area contributed by atoms with Crippen LogP contribution in [0.25, 0.3) is 0 Å². The summed E-state index contributed by atoms with van der Waals surface area (Å²) >= 11 is 0.750. The summed E-state index contributed by atoms with van der Waals surface area (Å²) in [6, 6.07) is 0. The Labute approximate surface area is 45.8 Å². The molecule has 0 aromatic carbocycles. The molecule has 0 unspecified atom stereocenters. The maximum atomic E-state index is 8.89. The summed E-state index contributed by atoms with van der Waals surface area (Å²) in [6.07, 6.45) is 0. The van der Waals surface area contributed by atoms with Crippen molar-refractivity contribution in [3.63, 3.8) is 0 Å². The van der Waals surface area contributed by atoms with Crippen LogP contribution >= 0.6 is 0 Å². The number of carbonyl (C=O) groups excluding carboxylic acids is 1. The molecule has 0 aliphatic heterocycles. The molecule has 0 rings (SSSR count). The van der Waals surface area contributed by atoms with E-state index in [0.29, 0.717) is 0 Å². The first-order chi connectivity index (χ1) is 2.73. The molecule has 0 aromatic rings. The fourth-order valence-corrected chi connectivity index (χ4v) is 0. The third-order valence-corrected chi connectivity index (χ3v) is 0. The van der Waals surface area contributed by atoms with Crippen LogP contribution in [-0.2, 0) is 27.2 Å². The molecule has 0 heterocycles. The molecule has 0 radical (unpaired) electrons. The Morgan fingerprint density at radius 3 is 1.67 bits per heavy atom.